The van der Waals surface area contributed by atoms with Crippen molar-refractivity contribution in [2.24, 2.45) is 5.92 Å². The molecule has 2 fully saturated rings. The van der Waals surface area contributed by atoms with Gasteiger partial charge >= 0.3 is 0 Å². The Morgan fingerprint density at radius 3 is 2.25 bits per heavy atom. The average Bonchev–Trinajstić information content (AvgIpc) is 2.49. The van der Waals surface area contributed by atoms with Gasteiger partial charge in [0.1, 0.15) is 0 Å². The van der Waals surface area contributed by atoms with Crippen molar-refractivity contribution in [2.75, 3.05) is 13.1 Å². The number of rotatable bonds is 6. The third-order valence-electron chi connectivity index (χ3n) is 5.63. The molecule has 2 atom stereocenters. The second-order valence-electron chi connectivity index (χ2n) is 7.12. The number of hydrogen-bond acceptors (Lipinski definition) is 2. The Hall–Kier alpha value is -0.0800. The molecule has 0 aromatic rings. The first-order chi connectivity index (χ1) is 9.78. The Labute approximate surface area is 126 Å². The van der Waals surface area contributed by atoms with Crippen molar-refractivity contribution in [1.82, 2.24) is 10.2 Å². The monoisotopic (exact) mass is 280 g/mol. The molecule has 0 bridgehead atoms. The van der Waals surface area contributed by atoms with Crippen LogP contribution in [0.15, 0.2) is 0 Å². The molecule has 1 saturated carbocycles. The summed E-state index contributed by atoms with van der Waals surface area (Å²) in [5.41, 5.74) is 0. The van der Waals surface area contributed by atoms with Crippen LogP contribution in [0, 0.1) is 5.92 Å². The van der Waals surface area contributed by atoms with Crippen LogP contribution in [-0.2, 0) is 0 Å². The molecule has 1 heterocycles. The van der Waals surface area contributed by atoms with Crippen molar-refractivity contribution in [3.8, 4) is 0 Å². The molecule has 0 amide bonds. The van der Waals surface area contributed by atoms with E-state index in [1.165, 1.54) is 70.9 Å². The fraction of sp³-hybridized carbons (Fsp3) is 1.00. The van der Waals surface area contributed by atoms with E-state index in [1.807, 2.05) is 0 Å². The van der Waals surface area contributed by atoms with Gasteiger partial charge in [0, 0.05) is 31.2 Å². The predicted octanol–water partition coefficient (Wildman–Crippen LogP) is 4.20. The maximum Gasteiger partial charge on any atom is 0.0221 e. The Balaban J connectivity index is 1.87. The Bertz CT molecular complexity index is 258. The molecule has 118 valence electrons. The largest absolute Gasteiger partial charge is 0.311 e. The number of piperazine rings is 1. The van der Waals surface area contributed by atoms with Crippen LogP contribution >= 0.6 is 0 Å². The van der Waals surface area contributed by atoms with Gasteiger partial charge in [0.25, 0.3) is 0 Å². The van der Waals surface area contributed by atoms with Gasteiger partial charge in [-0.3, -0.25) is 4.90 Å². The first-order valence-corrected chi connectivity index (χ1v) is 9.27. The summed E-state index contributed by atoms with van der Waals surface area (Å²) in [6.07, 6.45) is 12.7. The summed E-state index contributed by atoms with van der Waals surface area (Å²) < 4.78 is 0. The normalized spacial score (nSPS) is 36.1. The van der Waals surface area contributed by atoms with Crippen molar-refractivity contribution in [2.45, 2.75) is 96.7 Å². The molecule has 2 rings (SSSR count). The summed E-state index contributed by atoms with van der Waals surface area (Å²) >= 11 is 0. The van der Waals surface area contributed by atoms with E-state index in [0.29, 0.717) is 0 Å². The van der Waals surface area contributed by atoms with Gasteiger partial charge in [-0.15, -0.1) is 0 Å². The second kappa shape index (κ2) is 8.38. The number of hydrogen-bond donors (Lipinski definition) is 1. The lowest BCUT2D eigenvalue weighted by atomic mass is 9.82. The van der Waals surface area contributed by atoms with Gasteiger partial charge in [0.05, 0.1) is 0 Å². The molecule has 2 aliphatic rings. The van der Waals surface area contributed by atoms with Gasteiger partial charge in [0.15, 0.2) is 0 Å². The molecule has 1 saturated heterocycles. The minimum Gasteiger partial charge on any atom is -0.311 e. The van der Waals surface area contributed by atoms with Crippen LogP contribution in [0.1, 0.15) is 78.6 Å². The lowest BCUT2D eigenvalue weighted by Crippen LogP contribution is -2.59. The molecular formula is C18H36N2. The van der Waals surface area contributed by atoms with Gasteiger partial charge in [-0.1, -0.05) is 40.0 Å². The third kappa shape index (κ3) is 4.21. The lowest BCUT2D eigenvalue weighted by Gasteiger charge is -2.46. The number of nitrogens with one attached hydrogen (secondary N) is 1. The predicted molar refractivity (Wildman–Crippen MR) is 88.1 cm³/mol. The van der Waals surface area contributed by atoms with Gasteiger partial charge in [-0.05, 0) is 44.4 Å². The van der Waals surface area contributed by atoms with Gasteiger partial charge in [0.2, 0.25) is 0 Å². The van der Waals surface area contributed by atoms with E-state index < -0.39 is 0 Å². The first kappa shape index (κ1) is 16.3. The highest BCUT2D eigenvalue weighted by Gasteiger charge is 2.33. The molecule has 0 aromatic carbocycles. The van der Waals surface area contributed by atoms with E-state index in [1.54, 1.807) is 0 Å². The molecule has 1 N–H and O–H groups in total. The quantitative estimate of drug-likeness (QED) is 0.784. The molecule has 2 unspecified atom stereocenters. The summed E-state index contributed by atoms with van der Waals surface area (Å²) in [7, 11) is 0. The maximum atomic E-state index is 3.78. The van der Waals surface area contributed by atoms with Crippen LogP contribution in [0.2, 0.25) is 0 Å². The standard InChI is InChI=1S/C18H36N2/c1-4-7-15-9-11-18(12-10-15)20-14-16(8-5-2)19-13-17(20)6-3/h15-19H,4-14H2,1-3H3. The van der Waals surface area contributed by atoms with E-state index in [0.717, 1.165) is 24.0 Å². The summed E-state index contributed by atoms with van der Waals surface area (Å²) in [5, 5.41) is 3.78. The zero-order chi connectivity index (χ0) is 14.4. The molecule has 0 spiro atoms. The molecule has 1 aliphatic carbocycles. The fourth-order valence-electron chi connectivity index (χ4n) is 4.43. The second-order valence-corrected chi connectivity index (χ2v) is 7.12. The van der Waals surface area contributed by atoms with Gasteiger partial charge < -0.3 is 5.32 Å². The van der Waals surface area contributed by atoms with E-state index in [4.69, 9.17) is 0 Å². The van der Waals surface area contributed by atoms with Crippen molar-refractivity contribution in [1.29, 1.82) is 0 Å². The topological polar surface area (TPSA) is 15.3 Å². The minimum absolute atomic E-state index is 0.746. The molecular weight excluding hydrogens is 244 g/mol. The Morgan fingerprint density at radius 2 is 1.65 bits per heavy atom. The lowest BCUT2D eigenvalue weighted by molar-refractivity contribution is 0.0483. The van der Waals surface area contributed by atoms with Crippen LogP contribution in [0.4, 0.5) is 0 Å². The Morgan fingerprint density at radius 1 is 0.950 bits per heavy atom. The van der Waals surface area contributed by atoms with Crippen molar-refractivity contribution in [3.05, 3.63) is 0 Å². The van der Waals surface area contributed by atoms with Crippen LogP contribution in [0.3, 0.4) is 0 Å². The first-order valence-electron chi connectivity index (χ1n) is 9.27. The van der Waals surface area contributed by atoms with E-state index >= 15 is 0 Å². The van der Waals surface area contributed by atoms with Crippen molar-refractivity contribution < 1.29 is 0 Å². The van der Waals surface area contributed by atoms with Gasteiger partial charge in [-0.25, -0.2) is 0 Å². The highest BCUT2D eigenvalue weighted by molar-refractivity contribution is 4.91. The highest BCUT2D eigenvalue weighted by Crippen LogP contribution is 2.32. The zero-order valence-corrected chi connectivity index (χ0v) is 14.0. The summed E-state index contributed by atoms with van der Waals surface area (Å²) in [6, 6.07) is 2.42. The van der Waals surface area contributed by atoms with E-state index in [2.05, 4.69) is 31.0 Å². The zero-order valence-electron chi connectivity index (χ0n) is 14.0. The molecule has 2 heteroatoms. The fourth-order valence-corrected chi connectivity index (χ4v) is 4.43. The minimum atomic E-state index is 0.746. The van der Waals surface area contributed by atoms with Crippen LogP contribution < -0.4 is 5.32 Å². The highest BCUT2D eigenvalue weighted by atomic mass is 15.3. The SMILES string of the molecule is CCCC1CCC(N2CC(CCC)NCC2CC)CC1. The van der Waals surface area contributed by atoms with Gasteiger partial charge in [-0.2, -0.15) is 0 Å². The maximum absolute atomic E-state index is 3.78. The smallest absolute Gasteiger partial charge is 0.0221 e. The Kier molecular flexibility index (Phi) is 6.83. The summed E-state index contributed by atoms with van der Waals surface area (Å²) in [4.78, 5) is 2.89. The van der Waals surface area contributed by atoms with Crippen molar-refractivity contribution >= 4 is 0 Å². The molecule has 2 nitrogen and oxygen atoms in total. The van der Waals surface area contributed by atoms with Crippen LogP contribution in [0.25, 0.3) is 0 Å². The van der Waals surface area contributed by atoms with Crippen molar-refractivity contribution in [3.63, 3.8) is 0 Å². The summed E-state index contributed by atoms with van der Waals surface area (Å²) in [5.74, 6) is 1.03. The summed E-state index contributed by atoms with van der Waals surface area (Å²) in [6.45, 7) is 9.53. The molecule has 0 radical (unpaired) electrons. The van der Waals surface area contributed by atoms with Crippen LogP contribution in [-0.4, -0.2) is 36.1 Å². The third-order valence-corrected chi connectivity index (χ3v) is 5.63. The average molecular weight is 281 g/mol. The molecule has 1 aliphatic heterocycles. The van der Waals surface area contributed by atoms with Crippen LogP contribution in [0.5, 0.6) is 0 Å². The molecule has 20 heavy (non-hydrogen) atoms. The van der Waals surface area contributed by atoms with E-state index in [9.17, 15) is 0 Å². The van der Waals surface area contributed by atoms with E-state index in [-0.39, 0.29) is 0 Å². The molecule has 0 aromatic heterocycles. The number of nitrogens with zero attached hydrogens (tertiary/aromatic N) is 1.